The number of hydrogen-bond acceptors (Lipinski definition) is 7. The number of carboxylic acids is 2. The zero-order chi connectivity index (χ0) is 47.3. The molecule has 3 N–H and O–H groups in total. The van der Waals surface area contributed by atoms with Gasteiger partial charge in [-0.1, -0.05) is 25.7 Å². The third kappa shape index (κ3) is 12.5. The molecule has 0 aromatic heterocycles. The van der Waals surface area contributed by atoms with E-state index in [1.165, 1.54) is 0 Å². The van der Waals surface area contributed by atoms with Gasteiger partial charge in [-0.05, 0) is 215 Å². The van der Waals surface area contributed by atoms with Gasteiger partial charge in [0.15, 0.2) is 0 Å². The minimum absolute atomic E-state index is 0.0109. The molecule has 10 nitrogen and oxygen atoms in total. The number of rotatable bonds is 13. The third-order valence-electron chi connectivity index (χ3n) is 17.9. The van der Waals surface area contributed by atoms with Crippen molar-refractivity contribution >= 4 is 19.3 Å². The number of carboxylic acid groups (broad SMARTS) is 2. The van der Waals surface area contributed by atoms with E-state index in [1.807, 2.05) is 0 Å². The first kappa shape index (κ1) is 54.3. The van der Waals surface area contributed by atoms with Crippen molar-refractivity contribution < 1.29 is 29.3 Å². The van der Waals surface area contributed by atoms with E-state index in [1.54, 1.807) is 0 Å². The van der Waals surface area contributed by atoms with Crippen molar-refractivity contribution in [3.63, 3.8) is 0 Å². The van der Waals surface area contributed by atoms with Gasteiger partial charge in [0.1, 0.15) is 0 Å². The van der Waals surface area contributed by atoms with Gasteiger partial charge in [-0.2, -0.15) is 0 Å². The van der Waals surface area contributed by atoms with Crippen molar-refractivity contribution in [2.24, 2.45) is 23.7 Å². The highest BCUT2D eigenvalue weighted by molar-refractivity contribution is 7.59. The Morgan fingerprint density at radius 2 is 0.639 bits per heavy atom. The van der Waals surface area contributed by atoms with Crippen LogP contribution < -0.4 is 0 Å². The van der Waals surface area contributed by atoms with Crippen LogP contribution in [-0.2, 0) is 14.2 Å². The van der Waals surface area contributed by atoms with Crippen molar-refractivity contribution in [1.82, 2.24) is 19.6 Å². The lowest BCUT2D eigenvalue weighted by molar-refractivity contribution is -0.148. The van der Waals surface area contributed by atoms with Crippen LogP contribution in [0.15, 0.2) is 0 Å². The normalized spacial score (nSPS) is 28.3. The molecule has 4 aliphatic heterocycles. The van der Waals surface area contributed by atoms with Crippen molar-refractivity contribution in [2.75, 3.05) is 28.2 Å². The minimum atomic E-state index is -3.27. The Labute approximate surface area is 375 Å². The fraction of sp³-hybridized carbons (Fsp3) is 0.960. The number of piperidine rings is 4. The van der Waals surface area contributed by atoms with Crippen LogP contribution in [0, 0.1) is 23.7 Å². The van der Waals surface area contributed by atoms with Crippen LogP contribution in [-0.4, -0.2) is 130 Å². The summed E-state index contributed by atoms with van der Waals surface area (Å²) in [5, 5.41) is 20.1. The summed E-state index contributed by atoms with van der Waals surface area (Å²) in [4.78, 5) is 45.4. The van der Waals surface area contributed by atoms with Gasteiger partial charge in [0.2, 0.25) is 7.37 Å². The van der Waals surface area contributed by atoms with Gasteiger partial charge in [-0.25, -0.2) is 0 Å². The predicted octanol–water partition coefficient (Wildman–Crippen LogP) is 11.1. The van der Waals surface area contributed by atoms with Gasteiger partial charge < -0.3 is 15.1 Å². The highest BCUT2D eigenvalue weighted by atomic mass is 31.2. The quantitative estimate of drug-likeness (QED) is 0.122. The van der Waals surface area contributed by atoms with E-state index in [9.17, 15) is 29.3 Å². The molecule has 4 rings (SSSR count). The molecule has 0 aliphatic carbocycles. The molecule has 4 fully saturated rings. The molecular weight excluding hydrogens is 784 g/mol. The maximum absolute atomic E-state index is 13.8. The van der Waals surface area contributed by atoms with E-state index < -0.39 is 19.3 Å². The summed E-state index contributed by atoms with van der Waals surface area (Å²) in [7, 11) is 5.35. The molecule has 0 saturated carbocycles. The number of carbonyl (C=O) groups is 2. The van der Waals surface area contributed by atoms with Crippen molar-refractivity contribution in [3.05, 3.63) is 0 Å². The second-order valence-corrected chi connectivity index (χ2v) is 28.6. The standard InChI is InChI=1S/C30H56N2O4.C20H41N2O2P/c1-27(2)17-21(18-28(3,4)31(27)9)23(25(33)34)15-13-11-12-14-16-24(26(35)36)22-19-29(5,6)32(10)30(7,8)20-22;1-17(2)11-15(12-18(3,4)21(17)9)25(23,24)16-13-19(5,6)22(10)20(7,8)14-16/h21-24H,11-20H2,1-10H3,(H,33,34)(H,35,36);15-16H,11-14H2,1-10H3,(H,23,24). The summed E-state index contributed by atoms with van der Waals surface area (Å²) in [6.45, 7) is 35.5. The average Bonchev–Trinajstić information content (AvgIpc) is 3.07. The first-order chi connectivity index (χ1) is 27.2. The Kier molecular flexibility index (Phi) is 16.6. The second kappa shape index (κ2) is 18.7. The molecule has 4 aliphatic rings. The van der Waals surface area contributed by atoms with Crippen molar-refractivity contribution in [1.29, 1.82) is 0 Å². The van der Waals surface area contributed by atoms with Gasteiger partial charge in [0.05, 0.1) is 11.8 Å². The summed E-state index contributed by atoms with van der Waals surface area (Å²) >= 11 is 0. The lowest BCUT2D eigenvalue weighted by Crippen LogP contribution is -2.62. The topological polar surface area (TPSA) is 125 Å². The first-order valence-electron chi connectivity index (χ1n) is 24.0. The molecule has 358 valence electrons. The van der Waals surface area contributed by atoms with Crippen LogP contribution in [0.5, 0.6) is 0 Å². The summed E-state index contributed by atoms with van der Waals surface area (Å²) in [5.74, 6) is -1.53. The van der Waals surface area contributed by atoms with E-state index in [2.05, 4.69) is 159 Å². The summed E-state index contributed by atoms with van der Waals surface area (Å²) in [5.41, 5.74) is -0.467. The maximum atomic E-state index is 13.8. The Balaban J connectivity index is 0.000000347. The largest absolute Gasteiger partial charge is 0.481 e. The fourth-order valence-electron chi connectivity index (χ4n) is 13.1. The van der Waals surface area contributed by atoms with Crippen LogP contribution in [0.3, 0.4) is 0 Å². The van der Waals surface area contributed by atoms with E-state index in [0.717, 1.165) is 89.9 Å². The monoisotopic (exact) mass is 881 g/mol. The number of nitrogens with zero attached hydrogens (tertiary/aromatic N) is 4. The number of aliphatic carboxylic acids is 2. The van der Waals surface area contributed by atoms with E-state index in [4.69, 9.17) is 0 Å². The van der Waals surface area contributed by atoms with Gasteiger partial charge in [-0.15, -0.1) is 0 Å². The molecule has 4 saturated heterocycles. The average molecular weight is 881 g/mol. The summed E-state index contributed by atoms with van der Waals surface area (Å²) in [6.07, 6.45) is 12.0. The van der Waals surface area contributed by atoms with Crippen LogP contribution >= 0.6 is 7.37 Å². The highest BCUT2D eigenvalue weighted by Crippen LogP contribution is 2.63. The maximum Gasteiger partial charge on any atom is 0.306 e. The lowest BCUT2D eigenvalue weighted by Gasteiger charge is -2.57. The fourth-order valence-corrected chi connectivity index (χ4v) is 16.6. The lowest BCUT2D eigenvalue weighted by atomic mass is 9.68. The Morgan fingerprint density at radius 1 is 0.443 bits per heavy atom. The molecule has 11 heteroatoms. The van der Waals surface area contributed by atoms with Crippen LogP contribution in [0.2, 0.25) is 0 Å². The number of hydrogen-bond donors (Lipinski definition) is 3. The summed E-state index contributed by atoms with van der Waals surface area (Å²) in [6, 6.07) is 0. The zero-order valence-electron chi connectivity index (χ0n) is 43.2. The Bertz CT molecular complexity index is 1390. The zero-order valence-corrected chi connectivity index (χ0v) is 44.1. The van der Waals surface area contributed by atoms with Gasteiger partial charge in [-0.3, -0.25) is 33.8 Å². The van der Waals surface area contributed by atoms with E-state index in [0.29, 0.717) is 0 Å². The molecule has 0 aromatic carbocycles. The predicted molar refractivity (Wildman–Crippen MR) is 255 cm³/mol. The molecule has 0 amide bonds. The number of unbranched alkanes of at least 4 members (excludes halogenated alkanes) is 3. The smallest absolute Gasteiger partial charge is 0.306 e. The molecule has 4 heterocycles. The van der Waals surface area contributed by atoms with Crippen molar-refractivity contribution in [2.45, 2.75) is 256 Å². The van der Waals surface area contributed by atoms with E-state index >= 15 is 0 Å². The molecule has 0 radical (unpaired) electrons. The van der Waals surface area contributed by atoms with Gasteiger partial charge in [0, 0.05) is 55.6 Å². The Hall–Kier alpha value is -1.03. The first-order valence-corrected chi connectivity index (χ1v) is 25.8. The summed E-state index contributed by atoms with van der Waals surface area (Å²) < 4.78 is 13.8. The van der Waals surface area contributed by atoms with Crippen LogP contribution in [0.25, 0.3) is 0 Å². The van der Waals surface area contributed by atoms with Crippen LogP contribution in [0.1, 0.15) is 201 Å². The van der Waals surface area contributed by atoms with Crippen molar-refractivity contribution in [3.8, 4) is 0 Å². The highest BCUT2D eigenvalue weighted by Gasteiger charge is 2.55. The molecule has 2 atom stereocenters. The number of likely N-dealkylation sites (tertiary alicyclic amines) is 4. The van der Waals surface area contributed by atoms with Gasteiger partial charge >= 0.3 is 11.9 Å². The SMILES string of the molecule is CN1C(C)(C)CC(C(CCCCCCC(C(=O)O)C2CC(C)(C)N(C)C(C)(C)C2)C(=O)O)CC1(C)C.CN1C(C)(C)CC(P(=O)(O)C2CC(C)(C)N(C)C(C)(C)C2)CC1(C)C. The molecule has 61 heavy (non-hydrogen) atoms. The molecule has 2 unspecified atom stereocenters. The Morgan fingerprint density at radius 3 is 0.836 bits per heavy atom. The minimum Gasteiger partial charge on any atom is -0.481 e. The molecule has 0 bridgehead atoms. The molecule has 0 spiro atoms. The third-order valence-corrected chi connectivity index (χ3v) is 20.7. The van der Waals surface area contributed by atoms with E-state index in [-0.39, 0.29) is 79.3 Å². The van der Waals surface area contributed by atoms with Crippen LogP contribution in [0.4, 0.5) is 0 Å². The second-order valence-electron chi connectivity index (χ2n) is 25.7. The van der Waals surface area contributed by atoms with Gasteiger partial charge in [0.25, 0.3) is 0 Å². The molecule has 0 aromatic rings. The molecular formula is C50H97N4O6P.